The minimum absolute atomic E-state index is 0.297. The van der Waals surface area contributed by atoms with E-state index in [2.05, 4.69) is 0 Å². The molecule has 0 amide bonds. The van der Waals surface area contributed by atoms with Crippen molar-refractivity contribution in [3.8, 4) is 0 Å². The highest BCUT2D eigenvalue weighted by Crippen LogP contribution is 2.28. The summed E-state index contributed by atoms with van der Waals surface area (Å²) < 4.78 is 26.5. The van der Waals surface area contributed by atoms with Crippen molar-refractivity contribution in [2.24, 2.45) is 5.73 Å². The number of rotatable bonds is 4. The second-order valence-corrected chi connectivity index (χ2v) is 7.68. The molecule has 0 saturated heterocycles. The quantitative estimate of drug-likeness (QED) is 0.944. The number of hydrogen-bond donors (Lipinski definition) is 1. The van der Waals surface area contributed by atoms with Crippen LogP contribution >= 0.6 is 11.3 Å². The Kier molecular flexibility index (Phi) is 4.17. The van der Waals surface area contributed by atoms with Crippen molar-refractivity contribution in [1.82, 2.24) is 0 Å². The van der Waals surface area contributed by atoms with E-state index in [9.17, 15) is 8.42 Å². The maximum absolute atomic E-state index is 12.6. The van der Waals surface area contributed by atoms with Gasteiger partial charge in [-0.2, -0.15) is 0 Å². The largest absolute Gasteiger partial charge is 0.326 e. The Bertz CT molecular complexity index is 721. The highest BCUT2D eigenvalue weighted by Gasteiger charge is 2.23. The van der Waals surface area contributed by atoms with Crippen molar-refractivity contribution in [1.29, 1.82) is 0 Å². The summed E-state index contributed by atoms with van der Waals surface area (Å²) in [5.74, 6) is 0. The molecule has 108 valence electrons. The number of sulfonamides is 1. The van der Waals surface area contributed by atoms with Crippen molar-refractivity contribution >= 4 is 27.0 Å². The molecule has 2 N–H and O–H groups in total. The zero-order valence-electron chi connectivity index (χ0n) is 11.8. The number of benzene rings is 1. The average Bonchev–Trinajstić information content (AvgIpc) is 2.87. The normalized spacial score (nSPS) is 11.6. The Morgan fingerprint density at radius 1 is 1.25 bits per heavy atom. The summed E-state index contributed by atoms with van der Waals surface area (Å²) in [5, 5.41) is 1.64. The maximum atomic E-state index is 12.6. The van der Waals surface area contributed by atoms with E-state index in [1.807, 2.05) is 32.0 Å². The fourth-order valence-electron chi connectivity index (χ4n) is 2.05. The molecular weight excluding hydrogens is 292 g/mol. The SMILES string of the molecule is Cc1ccc(N(C)S(=O)(=O)c2csc(CN)c2)c(C)c1. The van der Waals surface area contributed by atoms with Crippen LogP contribution in [0.3, 0.4) is 0 Å². The predicted octanol–water partition coefficient (Wildman–Crippen LogP) is 2.65. The molecule has 0 aliphatic carbocycles. The Hall–Kier alpha value is -1.37. The summed E-state index contributed by atoms with van der Waals surface area (Å²) in [6.45, 7) is 4.25. The summed E-state index contributed by atoms with van der Waals surface area (Å²) in [6.07, 6.45) is 0. The van der Waals surface area contributed by atoms with Crippen LogP contribution in [0.4, 0.5) is 5.69 Å². The van der Waals surface area contributed by atoms with Crippen molar-refractivity contribution in [2.45, 2.75) is 25.3 Å². The van der Waals surface area contributed by atoms with E-state index < -0.39 is 10.0 Å². The third-order valence-corrected chi connectivity index (χ3v) is 6.04. The second-order valence-electron chi connectivity index (χ2n) is 4.72. The topological polar surface area (TPSA) is 63.4 Å². The lowest BCUT2D eigenvalue weighted by Crippen LogP contribution is -2.26. The smallest absolute Gasteiger partial charge is 0.264 e. The van der Waals surface area contributed by atoms with Gasteiger partial charge >= 0.3 is 0 Å². The van der Waals surface area contributed by atoms with Crippen molar-refractivity contribution in [3.05, 3.63) is 45.6 Å². The minimum Gasteiger partial charge on any atom is -0.326 e. The average molecular weight is 310 g/mol. The van der Waals surface area contributed by atoms with Gasteiger partial charge in [-0.15, -0.1) is 11.3 Å². The van der Waals surface area contributed by atoms with E-state index in [0.717, 1.165) is 16.0 Å². The van der Waals surface area contributed by atoms with Crippen molar-refractivity contribution in [2.75, 3.05) is 11.4 Å². The third kappa shape index (κ3) is 2.72. The molecule has 0 radical (unpaired) electrons. The van der Waals surface area contributed by atoms with Crippen molar-refractivity contribution < 1.29 is 8.42 Å². The van der Waals surface area contributed by atoms with E-state index in [0.29, 0.717) is 17.1 Å². The predicted molar refractivity (Wildman–Crippen MR) is 83.7 cm³/mol. The number of nitrogens with two attached hydrogens (primary N) is 1. The zero-order valence-corrected chi connectivity index (χ0v) is 13.4. The third-order valence-electron chi connectivity index (χ3n) is 3.18. The molecule has 1 aromatic heterocycles. The zero-order chi connectivity index (χ0) is 14.9. The fourth-order valence-corrected chi connectivity index (χ4v) is 4.45. The molecule has 6 heteroatoms. The molecule has 0 bridgehead atoms. The van der Waals surface area contributed by atoms with Crippen LogP contribution in [-0.4, -0.2) is 15.5 Å². The monoisotopic (exact) mass is 310 g/mol. The van der Waals surface area contributed by atoms with E-state index >= 15 is 0 Å². The van der Waals surface area contributed by atoms with Gasteiger partial charge in [-0.3, -0.25) is 4.31 Å². The molecule has 20 heavy (non-hydrogen) atoms. The van der Waals surface area contributed by atoms with Gasteiger partial charge in [-0.25, -0.2) is 8.42 Å². The van der Waals surface area contributed by atoms with Gasteiger partial charge in [0.05, 0.1) is 10.6 Å². The van der Waals surface area contributed by atoms with E-state index in [1.54, 1.807) is 18.5 Å². The van der Waals surface area contributed by atoms with Crippen LogP contribution in [-0.2, 0) is 16.6 Å². The molecule has 4 nitrogen and oxygen atoms in total. The van der Waals surface area contributed by atoms with Crippen LogP contribution in [0.15, 0.2) is 34.5 Å². The van der Waals surface area contributed by atoms with Gasteiger partial charge in [0.15, 0.2) is 0 Å². The Labute approximate surface area is 123 Å². The summed E-state index contributed by atoms with van der Waals surface area (Å²) in [5.41, 5.74) is 8.27. The molecule has 0 atom stereocenters. The van der Waals surface area contributed by atoms with Gasteiger partial charge in [0.2, 0.25) is 0 Å². The molecule has 2 rings (SSSR count). The van der Waals surface area contributed by atoms with Gasteiger partial charge < -0.3 is 5.73 Å². The van der Waals surface area contributed by atoms with Gasteiger partial charge in [0.1, 0.15) is 0 Å². The molecular formula is C14H18N2O2S2. The number of hydrogen-bond acceptors (Lipinski definition) is 4. The van der Waals surface area contributed by atoms with Gasteiger partial charge in [-0.1, -0.05) is 17.7 Å². The minimum atomic E-state index is -3.53. The molecule has 0 saturated carbocycles. The molecule has 2 aromatic rings. The lowest BCUT2D eigenvalue weighted by molar-refractivity contribution is 0.594. The Morgan fingerprint density at radius 3 is 2.50 bits per heavy atom. The highest BCUT2D eigenvalue weighted by atomic mass is 32.2. The van der Waals surface area contributed by atoms with Crippen LogP contribution in [0.25, 0.3) is 0 Å². The van der Waals surface area contributed by atoms with E-state index in [4.69, 9.17) is 5.73 Å². The second kappa shape index (κ2) is 5.55. The van der Waals surface area contributed by atoms with Crippen LogP contribution in [0, 0.1) is 13.8 Å². The molecule has 0 unspecified atom stereocenters. The van der Waals surface area contributed by atoms with Crippen LogP contribution < -0.4 is 10.0 Å². The van der Waals surface area contributed by atoms with E-state index in [1.165, 1.54) is 15.6 Å². The van der Waals surface area contributed by atoms with Crippen LogP contribution in [0.1, 0.15) is 16.0 Å². The van der Waals surface area contributed by atoms with Crippen LogP contribution in [0.2, 0.25) is 0 Å². The highest BCUT2D eigenvalue weighted by molar-refractivity contribution is 7.93. The molecule has 0 aliphatic rings. The van der Waals surface area contributed by atoms with Crippen LogP contribution in [0.5, 0.6) is 0 Å². The maximum Gasteiger partial charge on any atom is 0.264 e. The first-order chi connectivity index (χ1) is 9.36. The lowest BCUT2D eigenvalue weighted by atomic mass is 10.1. The Morgan fingerprint density at radius 2 is 1.95 bits per heavy atom. The number of aryl methyl sites for hydroxylation is 2. The Balaban J connectivity index is 2.43. The van der Waals surface area contributed by atoms with Crippen molar-refractivity contribution in [3.63, 3.8) is 0 Å². The number of anilines is 1. The summed E-state index contributed by atoms with van der Waals surface area (Å²) in [7, 11) is -1.95. The summed E-state index contributed by atoms with van der Waals surface area (Å²) in [6, 6.07) is 7.35. The fraction of sp³-hybridized carbons (Fsp3) is 0.286. The molecule has 1 heterocycles. The van der Waals surface area contributed by atoms with Gasteiger partial charge in [0.25, 0.3) is 10.0 Å². The number of nitrogens with zero attached hydrogens (tertiary/aromatic N) is 1. The first kappa shape index (κ1) is 15.0. The first-order valence-corrected chi connectivity index (χ1v) is 8.52. The van der Waals surface area contributed by atoms with Gasteiger partial charge in [-0.05, 0) is 31.5 Å². The lowest BCUT2D eigenvalue weighted by Gasteiger charge is -2.21. The molecule has 0 fully saturated rings. The summed E-state index contributed by atoms with van der Waals surface area (Å²) >= 11 is 1.36. The number of thiophene rings is 1. The standard InChI is InChI=1S/C14H18N2O2S2/c1-10-4-5-14(11(2)6-10)16(3)20(17,18)13-7-12(8-15)19-9-13/h4-7,9H,8,15H2,1-3H3. The molecule has 1 aromatic carbocycles. The first-order valence-electron chi connectivity index (χ1n) is 6.20. The molecule has 0 aliphatic heterocycles. The van der Waals surface area contributed by atoms with E-state index in [-0.39, 0.29) is 0 Å². The molecule has 0 spiro atoms. The summed E-state index contributed by atoms with van der Waals surface area (Å²) in [4.78, 5) is 1.16. The van der Waals surface area contributed by atoms with Gasteiger partial charge in [0, 0.05) is 23.8 Å².